The number of aliphatic hydroxyl groups is 1. The molecule has 14 heavy (non-hydrogen) atoms. The minimum absolute atomic E-state index is 0.175. The van der Waals surface area contributed by atoms with Gasteiger partial charge in [-0.05, 0) is 23.1 Å². The molecule has 0 unspecified atom stereocenters. The molecule has 0 fully saturated rings. The highest BCUT2D eigenvalue weighted by molar-refractivity contribution is 7.17. The number of rotatable bonds is 4. The van der Waals surface area contributed by atoms with E-state index in [2.05, 4.69) is 16.4 Å². The van der Waals surface area contributed by atoms with Gasteiger partial charge in [-0.1, -0.05) is 0 Å². The smallest absolute Gasteiger partial charge is 0.0809 e. The lowest BCUT2D eigenvalue weighted by Gasteiger charge is -2.01. The van der Waals surface area contributed by atoms with Crippen LogP contribution in [0.3, 0.4) is 0 Å². The Labute approximate surface area is 86.4 Å². The van der Waals surface area contributed by atoms with E-state index in [1.165, 1.54) is 4.70 Å². The molecule has 2 aromatic heterocycles. The highest BCUT2D eigenvalue weighted by Crippen LogP contribution is 2.19. The Morgan fingerprint density at radius 2 is 2.43 bits per heavy atom. The number of nitrogens with one attached hydrogen (secondary N) is 1. The first-order valence-electron chi connectivity index (χ1n) is 4.54. The highest BCUT2D eigenvalue weighted by Gasteiger charge is 1.98. The fourth-order valence-corrected chi connectivity index (χ4v) is 2.10. The van der Waals surface area contributed by atoms with E-state index >= 15 is 0 Å². The van der Waals surface area contributed by atoms with E-state index in [1.54, 1.807) is 11.3 Å². The van der Waals surface area contributed by atoms with Crippen LogP contribution in [0.15, 0.2) is 23.7 Å². The van der Waals surface area contributed by atoms with Crippen molar-refractivity contribution in [3.63, 3.8) is 0 Å². The van der Waals surface area contributed by atoms with E-state index in [0.29, 0.717) is 6.54 Å². The van der Waals surface area contributed by atoms with Crippen LogP contribution in [0, 0.1) is 0 Å². The van der Waals surface area contributed by atoms with Crippen LogP contribution >= 0.6 is 11.3 Å². The largest absolute Gasteiger partial charge is 0.395 e. The molecular weight excluding hydrogens is 196 g/mol. The van der Waals surface area contributed by atoms with Crippen molar-refractivity contribution in [3.05, 3.63) is 29.3 Å². The summed E-state index contributed by atoms with van der Waals surface area (Å²) in [6.07, 6.45) is 1.87. The van der Waals surface area contributed by atoms with Gasteiger partial charge >= 0.3 is 0 Å². The van der Waals surface area contributed by atoms with Crippen molar-refractivity contribution in [2.24, 2.45) is 0 Å². The Kier molecular flexibility index (Phi) is 3.08. The molecule has 2 N–H and O–H groups in total. The van der Waals surface area contributed by atoms with Crippen molar-refractivity contribution in [2.45, 2.75) is 6.54 Å². The summed E-state index contributed by atoms with van der Waals surface area (Å²) in [7, 11) is 0. The standard InChI is InChI=1S/C10H12N2OS/c13-3-2-11-6-8-5-10-9(12-7-8)1-4-14-10/h1,4-5,7,11,13H,2-3,6H2. The van der Waals surface area contributed by atoms with Gasteiger partial charge in [0.15, 0.2) is 0 Å². The number of pyridine rings is 1. The second-order valence-corrected chi connectivity index (χ2v) is 4.00. The van der Waals surface area contributed by atoms with E-state index in [0.717, 1.165) is 17.6 Å². The topological polar surface area (TPSA) is 45.1 Å². The van der Waals surface area contributed by atoms with E-state index in [1.807, 2.05) is 17.6 Å². The molecule has 0 aliphatic rings. The zero-order chi connectivity index (χ0) is 9.80. The fraction of sp³-hybridized carbons (Fsp3) is 0.300. The molecule has 0 bridgehead atoms. The summed E-state index contributed by atoms with van der Waals surface area (Å²) in [5.41, 5.74) is 2.22. The second kappa shape index (κ2) is 4.50. The average molecular weight is 208 g/mol. The third kappa shape index (κ3) is 2.09. The summed E-state index contributed by atoms with van der Waals surface area (Å²) in [4.78, 5) is 4.33. The van der Waals surface area contributed by atoms with Gasteiger partial charge in [0.1, 0.15) is 0 Å². The summed E-state index contributed by atoms with van der Waals surface area (Å²) in [6, 6.07) is 4.16. The van der Waals surface area contributed by atoms with Crippen LogP contribution in [0.25, 0.3) is 10.2 Å². The van der Waals surface area contributed by atoms with Crippen LogP contribution in [0.4, 0.5) is 0 Å². The molecule has 4 heteroatoms. The van der Waals surface area contributed by atoms with Gasteiger partial charge in [-0.15, -0.1) is 11.3 Å². The molecule has 0 atom stereocenters. The van der Waals surface area contributed by atoms with Crippen molar-refractivity contribution in [3.8, 4) is 0 Å². The summed E-state index contributed by atoms with van der Waals surface area (Å²) in [5.74, 6) is 0. The molecule has 0 aromatic carbocycles. The van der Waals surface area contributed by atoms with Gasteiger partial charge in [0.05, 0.1) is 16.8 Å². The minimum Gasteiger partial charge on any atom is -0.395 e. The van der Waals surface area contributed by atoms with Crippen LogP contribution in [0.1, 0.15) is 5.56 Å². The number of aliphatic hydroxyl groups excluding tert-OH is 1. The zero-order valence-electron chi connectivity index (χ0n) is 7.73. The Morgan fingerprint density at radius 1 is 1.50 bits per heavy atom. The van der Waals surface area contributed by atoms with Crippen molar-refractivity contribution >= 4 is 21.6 Å². The Bertz CT molecular complexity index is 413. The zero-order valence-corrected chi connectivity index (χ0v) is 8.55. The lowest BCUT2D eigenvalue weighted by Crippen LogP contribution is -2.17. The molecule has 2 heterocycles. The van der Waals surface area contributed by atoms with Gasteiger partial charge in [0.2, 0.25) is 0 Å². The molecular formula is C10H12N2OS. The first-order valence-corrected chi connectivity index (χ1v) is 5.42. The van der Waals surface area contributed by atoms with Crippen molar-refractivity contribution < 1.29 is 5.11 Å². The van der Waals surface area contributed by atoms with E-state index in [4.69, 9.17) is 5.11 Å². The molecule has 2 rings (SSSR count). The molecule has 0 saturated carbocycles. The Morgan fingerprint density at radius 3 is 3.29 bits per heavy atom. The molecule has 0 aliphatic heterocycles. The maximum atomic E-state index is 8.61. The highest BCUT2D eigenvalue weighted by atomic mass is 32.1. The van der Waals surface area contributed by atoms with Gasteiger partial charge in [-0.3, -0.25) is 4.98 Å². The molecule has 0 aliphatic carbocycles. The van der Waals surface area contributed by atoms with E-state index < -0.39 is 0 Å². The summed E-state index contributed by atoms with van der Waals surface area (Å²) in [6.45, 7) is 1.57. The molecule has 0 amide bonds. The summed E-state index contributed by atoms with van der Waals surface area (Å²) in [5, 5.41) is 13.8. The lowest BCUT2D eigenvalue weighted by atomic mass is 10.2. The number of nitrogens with zero attached hydrogens (tertiary/aromatic N) is 1. The van der Waals surface area contributed by atoms with Crippen LogP contribution in [-0.2, 0) is 6.54 Å². The van der Waals surface area contributed by atoms with Crippen LogP contribution in [0.2, 0.25) is 0 Å². The number of fused-ring (bicyclic) bond motifs is 1. The second-order valence-electron chi connectivity index (χ2n) is 3.05. The first-order chi connectivity index (χ1) is 6.90. The van der Waals surface area contributed by atoms with Gasteiger partial charge in [-0.2, -0.15) is 0 Å². The summed E-state index contributed by atoms with van der Waals surface area (Å²) >= 11 is 1.70. The molecule has 2 aromatic rings. The third-order valence-corrected chi connectivity index (χ3v) is 2.83. The van der Waals surface area contributed by atoms with Gasteiger partial charge in [0, 0.05) is 19.3 Å². The van der Waals surface area contributed by atoms with Gasteiger partial charge in [0.25, 0.3) is 0 Å². The maximum absolute atomic E-state index is 8.61. The predicted octanol–water partition coefficient (Wildman–Crippen LogP) is 1.38. The van der Waals surface area contributed by atoms with E-state index in [9.17, 15) is 0 Å². The number of hydrogen-bond acceptors (Lipinski definition) is 4. The van der Waals surface area contributed by atoms with Gasteiger partial charge < -0.3 is 10.4 Å². The molecule has 0 spiro atoms. The molecule has 0 radical (unpaired) electrons. The summed E-state index contributed by atoms with van der Waals surface area (Å²) < 4.78 is 1.22. The Balaban J connectivity index is 2.10. The molecule has 74 valence electrons. The van der Waals surface area contributed by atoms with Crippen LogP contribution in [-0.4, -0.2) is 23.2 Å². The first kappa shape index (κ1) is 9.58. The van der Waals surface area contributed by atoms with Gasteiger partial charge in [-0.25, -0.2) is 0 Å². The van der Waals surface area contributed by atoms with Crippen LogP contribution < -0.4 is 5.32 Å². The predicted molar refractivity (Wildman–Crippen MR) is 58.4 cm³/mol. The number of aromatic nitrogens is 1. The monoisotopic (exact) mass is 208 g/mol. The van der Waals surface area contributed by atoms with Crippen LogP contribution in [0.5, 0.6) is 0 Å². The number of hydrogen-bond donors (Lipinski definition) is 2. The molecule has 3 nitrogen and oxygen atoms in total. The Hall–Kier alpha value is -0.970. The normalized spacial score (nSPS) is 10.9. The fourth-order valence-electron chi connectivity index (χ4n) is 1.30. The maximum Gasteiger partial charge on any atom is 0.0809 e. The SMILES string of the molecule is OCCNCc1cnc2ccsc2c1. The molecule has 0 saturated heterocycles. The minimum atomic E-state index is 0.175. The van der Waals surface area contributed by atoms with Crippen molar-refractivity contribution in [1.82, 2.24) is 10.3 Å². The third-order valence-electron chi connectivity index (χ3n) is 1.98. The van der Waals surface area contributed by atoms with Crippen molar-refractivity contribution in [1.29, 1.82) is 0 Å². The van der Waals surface area contributed by atoms with Crippen molar-refractivity contribution in [2.75, 3.05) is 13.2 Å². The number of thiophene rings is 1. The lowest BCUT2D eigenvalue weighted by molar-refractivity contribution is 0.292. The average Bonchev–Trinajstić information content (AvgIpc) is 2.65. The quantitative estimate of drug-likeness (QED) is 0.746. The van der Waals surface area contributed by atoms with E-state index in [-0.39, 0.29) is 6.61 Å².